The lowest BCUT2D eigenvalue weighted by Gasteiger charge is -2.34. The van der Waals surface area contributed by atoms with Gasteiger partial charge in [-0.1, -0.05) is 19.3 Å². The minimum atomic E-state index is -0.405. The van der Waals surface area contributed by atoms with Crippen molar-refractivity contribution in [3.05, 3.63) is 18.3 Å². The molecule has 1 heterocycles. The number of nitrogens with one attached hydrogen (secondary N) is 1. The highest BCUT2D eigenvalue weighted by atomic mass is 16.2. The molecular weight excluding hydrogens is 252 g/mol. The molecule has 20 heavy (non-hydrogen) atoms. The van der Waals surface area contributed by atoms with Gasteiger partial charge in [0.2, 0.25) is 5.91 Å². The van der Waals surface area contributed by atoms with Crippen LogP contribution in [0.4, 0.5) is 11.5 Å². The van der Waals surface area contributed by atoms with Gasteiger partial charge in [-0.05, 0) is 25.0 Å². The van der Waals surface area contributed by atoms with Crippen molar-refractivity contribution in [1.82, 2.24) is 4.98 Å². The molecule has 0 saturated heterocycles. The van der Waals surface area contributed by atoms with Crippen molar-refractivity contribution in [3.63, 3.8) is 0 Å². The van der Waals surface area contributed by atoms with Crippen LogP contribution >= 0.6 is 0 Å². The molecule has 1 aromatic heterocycles. The van der Waals surface area contributed by atoms with Crippen LogP contribution in [0.2, 0.25) is 0 Å². The van der Waals surface area contributed by atoms with Crippen molar-refractivity contribution in [2.75, 3.05) is 30.9 Å². The Hall–Kier alpha value is -1.62. The summed E-state index contributed by atoms with van der Waals surface area (Å²) in [5.41, 5.74) is 6.25. The van der Waals surface area contributed by atoms with Crippen LogP contribution in [-0.2, 0) is 4.79 Å². The van der Waals surface area contributed by atoms with Crippen LogP contribution in [0.1, 0.15) is 32.1 Å². The third-order valence-corrected chi connectivity index (χ3v) is 4.14. The second kappa shape index (κ2) is 6.22. The Morgan fingerprint density at radius 3 is 2.70 bits per heavy atom. The fourth-order valence-corrected chi connectivity index (χ4v) is 2.86. The normalized spacial score (nSPS) is 17.6. The maximum atomic E-state index is 12.7. The average Bonchev–Trinajstić information content (AvgIpc) is 2.48. The third kappa shape index (κ3) is 2.93. The second-order valence-electron chi connectivity index (χ2n) is 5.77. The topological polar surface area (TPSA) is 71.2 Å². The summed E-state index contributed by atoms with van der Waals surface area (Å²) in [5, 5.41) is 3.03. The van der Waals surface area contributed by atoms with Crippen LogP contribution < -0.4 is 16.0 Å². The maximum absolute atomic E-state index is 12.7. The summed E-state index contributed by atoms with van der Waals surface area (Å²) in [6.45, 7) is 0.413. The van der Waals surface area contributed by atoms with Gasteiger partial charge in [0.05, 0.1) is 11.1 Å². The summed E-state index contributed by atoms with van der Waals surface area (Å²) in [6.07, 6.45) is 6.85. The number of hydrogen-bond donors (Lipinski definition) is 2. The lowest BCUT2D eigenvalue weighted by Crippen LogP contribution is -2.44. The highest BCUT2D eigenvalue weighted by Gasteiger charge is 2.38. The van der Waals surface area contributed by atoms with Crippen molar-refractivity contribution in [3.8, 4) is 0 Å². The van der Waals surface area contributed by atoms with Crippen LogP contribution in [0.25, 0.3) is 0 Å². The number of hydrogen-bond acceptors (Lipinski definition) is 4. The largest absolute Gasteiger partial charge is 0.361 e. The van der Waals surface area contributed by atoms with E-state index in [0.717, 1.165) is 37.2 Å². The van der Waals surface area contributed by atoms with E-state index in [4.69, 9.17) is 5.73 Å². The van der Waals surface area contributed by atoms with Crippen molar-refractivity contribution in [2.45, 2.75) is 32.1 Å². The van der Waals surface area contributed by atoms with Crippen molar-refractivity contribution < 1.29 is 4.79 Å². The number of rotatable bonds is 4. The first kappa shape index (κ1) is 14.8. The minimum absolute atomic E-state index is 0.0378. The summed E-state index contributed by atoms with van der Waals surface area (Å²) < 4.78 is 0. The summed E-state index contributed by atoms with van der Waals surface area (Å²) in [6, 6.07) is 3.71. The molecule has 1 fully saturated rings. The van der Waals surface area contributed by atoms with E-state index in [1.807, 2.05) is 31.1 Å². The summed E-state index contributed by atoms with van der Waals surface area (Å²) in [7, 11) is 3.83. The molecule has 1 aliphatic carbocycles. The molecule has 110 valence electrons. The fourth-order valence-electron chi connectivity index (χ4n) is 2.86. The number of carbonyl (C=O) groups is 1. The monoisotopic (exact) mass is 276 g/mol. The molecule has 0 radical (unpaired) electrons. The van der Waals surface area contributed by atoms with Gasteiger partial charge in [-0.25, -0.2) is 4.98 Å². The number of carbonyl (C=O) groups excluding carboxylic acids is 1. The van der Waals surface area contributed by atoms with E-state index in [2.05, 4.69) is 10.3 Å². The second-order valence-corrected chi connectivity index (χ2v) is 5.77. The Morgan fingerprint density at radius 1 is 1.40 bits per heavy atom. The zero-order valence-electron chi connectivity index (χ0n) is 12.4. The van der Waals surface area contributed by atoms with Crippen LogP contribution in [0.15, 0.2) is 18.3 Å². The number of amides is 1. The Bertz CT molecular complexity index is 467. The van der Waals surface area contributed by atoms with E-state index in [0.29, 0.717) is 6.54 Å². The van der Waals surface area contributed by atoms with Gasteiger partial charge in [0.25, 0.3) is 0 Å². The molecule has 0 aromatic carbocycles. The first-order valence-corrected chi connectivity index (χ1v) is 7.23. The SMILES string of the molecule is CN(C)c1ncccc1NC(=O)C1(CN)CCCCC1. The number of nitrogens with zero attached hydrogens (tertiary/aromatic N) is 2. The average molecular weight is 276 g/mol. The lowest BCUT2D eigenvalue weighted by atomic mass is 9.73. The molecule has 1 aliphatic rings. The molecule has 0 unspecified atom stereocenters. The Balaban J connectivity index is 2.18. The van der Waals surface area contributed by atoms with Crippen LogP contribution in [-0.4, -0.2) is 31.5 Å². The van der Waals surface area contributed by atoms with Crippen molar-refractivity contribution in [1.29, 1.82) is 0 Å². The number of aromatic nitrogens is 1. The lowest BCUT2D eigenvalue weighted by molar-refractivity contribution is -0.126. The zero-order valence-corrected chi connectivity index (χ0v) is 12.4. The molecule has 1 amide bonds. The molecule has 2 rings (SSSR count). The van der Waals surface area contributed by atoms with E-state index in [9.17, 15) is 4.79 Å². The van der Waals surface area contributed by atoms with E-state index in [-0.39, 0.29) is 5.91 Å². The quantitative estimate of drug-likeness (QED) is 0.882. The zero-order chi connectivity index (χ0) is 14.6. The first-order chi connectivity index (χ1) is 9.59. The fraction of sp³-hybridized carbons (Fsp3) is 0.600. The molecule has 5 heteroatoms. The van der Waals surface area contributed by atoms with Crippen molar-refractivity contribution in [2.24, 2.45) is 11.1 Å². The van der Waals surface area contributed by atoms with Gasteiger partial charge in [0, 0.05) is 26.8 Å². The number of nitrogens with two attached hydrogens (primary N) is 1. The predicted octanol–water partition coefficient (Wildman–Crippen LogP) is 2.00. The predicted molar refractivity (Wildman–Crippen MR) is 81.8 cm³/mol. The third-order valence-electron chi connectivity index (χ3n) is 4.14. The molecule has 0 atom stereocenters. The molecule has 3 N–H and O–H groups in total. The summed E-state index contributed by atoms with van der Waals surface area (Å²) >= 11 is 0. The van der Waals surface area contributed by atoms with Crippen LogP contribution in [0.3, 0.4) is 0 Å². The van der Waals surface area contributed by atoms with Crippen LogP contribution in [0.5, 0.6) is 0 Å². The van der Waals surface area contributed by atoms with Gasteiger partial charge < -0.3 is 16.0 Å². The molecule has 1 aromatic rings. The maximum Gasteiger partial charge on any atom is 0.231 e. The minimum Gasteiger partial charge on any atom is -0.361 e. The van der Waals surface area contributed by atoms with Gasteiger partial charge in [-0.15, -0.1) is 0 Å². The highest BCUT2D eigenvalue weighted by molar-refractivity contribution is 5.97. The molecule has 0 bridgehead atoms. The van der Waals surface area contributed by atoms with Gasteiger partial charge in [-0.2, -0.15) is 0 Å². The Morgan fingerprint density at radius 2 is 2.10 bits per heavy atom. The van der Waals surface area contributed by atoms with Crippen molar-refractivity contribution >= 4 is 17.4 Å². The summed E-state index contributed by atoms with van der Waals surface area (Å²) in [5.74, 6) is 0.805. The van der Waals surface area contributed by atoms with Crippen LogP contribution in [0, 0.1) is 5.41 Å². The van der Waals surface area contributed by atoms with Gasteiger partial charge in [0.1, 0.15) is 0 Å². The Labute approximate surface area is 120 Å². The van der Waals surface area contributed by atoms with Gasteiger partial charge >= 0.3 is 0 Å². The van der Waals surface area contributed by atoms with Gasteiger partial charge in [0.15, 0.2) is 5.82 Å². The van der Waals surface area contributed by atoms with E-state index in [1.165, 1.54) is 6.42 Å². The van der Waals surface area contributed by atoms with E-state index in [1.54, 1.807) is 6.20 Å². The van der Waals surface area contributed by atoms with E-state index < -0.39 is 5.41 Å². The molecule has 1 saturated carbocycles. The molecule has 5 nitrogen and oxygen atoms in total. The number of anilines is 2. The summed E-state index contributed by atoms with van der Waals surface area (Å²) in [4.78, 5) is 18.9. The molecular formula is C15H24N4O. The highest BCUT2D eigenvalue weighted by Crippen LogP contribution is 2.37. The molecule has 0 spiro atoms. The standard InChI is InChI=1S/C15H24N4O/c1-19(2)13-12(7-6-10-17-13)18-14(20)15(11-16)8-4-3-5-9-15/h6-7,10H,3-5,8-9,11,16H2,1-2H3,(H,18,20). The number of pyridine rings is 1. The first-order valence-electron chi connectivity index (χ1n) is 7.23. The smallest absolute Gasteiger partial charge is 0.231 e. The van der Waals surface area contributed by atoms with E-state index >= 15 is 0 Å². The molecule has 0 aliphatic heterocycles. The Kier molecular flexibility index (Phi) is 4.60. The van der Waals surface area contributed by atoms with Gasteiger partial charge in [-0.3, -0.25) is 4.79 Å².